The second kappa shape index (κ2) is 16.3. The minimum absolute atomic E-state index is 0.0342. The van der Waals surface area contributed by atoms with Crippen molar-refractivity contribution in [1.82, 2.24) is 20.1 Å². The number of aromatic hydroxyl groups is 1. The van der Waals surface area contributed by atoms with Crippen LogP contribution in [0.3, 0.4) is 0 Å². The van der Waals surface area contributed by atoms with Crippen molar-refractivity contribution in [2.75, 3.05) is 39.3 Å². The molecule has 4 aliphatic rings. The number of aryl methyl sites for hydroxylation is 1. The van der Waals surface area contributed by atoms with Gasteiger partial charge in [-0.2, -0.15) is 0 Å². The van der Waals surface area contributed by atoms with Gasteiger partial charge in [0, 0.05) is 50.6 Å². The number of aliphatic hydroxyl groups excluding tert-OH is 1. The molecule has 0 aliphatic carbocycles. The van der Waals surface area contributed by atoms with Crippen LogP contribution in [0, 0.1) is 5.92 Å². The van der Waals surface area contributed by atoms with Crippen LogP contribution in [0.25, 0.3) is 10.9 Å². The first-order valence-electron chi connectivity index (χ1n) is 19.5. The van der Waals surface area contributed by atoms with Crippen LogP contribution >= 0.6 is 0 Å². The number of hydrogen-bond donors (Lipinski definition) is 4. The first-order chi connectivity index (χ1) is 27.2. The predicted molar refractivity (Wildman–Crippen MR) is 212 cm³/mol. The fourth-order valence-electron chi connectivity index (χ4n) is 8.36. The van der Waals surface area contributed by atoms with Crippen molar-refractivity contribution in [3.05, 3.63) is 141 Å². The quantitative estimate of drug-likeness (QED) is 0.115. The van der Waals surface area contributed by atoms with E-state index in [1.165, 1.54) is 12.1 Å². The Kier molecular flexibility index (Phi) is 10.9. The Morgan fingerprint density at radius 1 is 0.875 bits per heavy atom. The molecule has 0 unspecified atom stereocenters. The second-order valence-corrected chi connectivity index (χ2v) is 15.5. The third kappa shape index (κ3) is 8.07. The van der Waals surface area contributed by atoms with E-state index in [0.717, 1.165) is 60.5 Å². The maximum absolute atomic E-state index is 13.8. The van der Waals surface area contributed by atoms with Crippen molar-refractivity contribution in [2.24, 2.45) is 5.92 Å². The number of phenolic OH excluding ortho intramolecular Hbond substituents is 1. The Bertz CT molecular complexity index is 2210. The maximum atomic E-state index is 13.8. The van der Waals surface area contributed by atoms with Crippen LogP contribution in [0.5, 0.6) is 11.5 Å². The minimum atomic E-state index is -0.832. The van der Waals surface area contributed by atoms with Gasteiger partial charge in [0.2, 0.25) is 11.5 Å². The van der Waals surface area contributed by atoms with Gasteiger partial charge in [-0.3, -0.25) is 19.3 Å². The Hall–Kier alpha value is -5.49. The lowest BCUT2D eigenvalue weighted by atomic mass is 9.73. The number of esters is 1. The molecule has 5 aromatic rings. The van der Waals surface area contributed by atoms with Gasteiger partial charge < -0.3 is 34.9 Å². The smallest absolute Gasteiger partial charge is 0.320 e. The molecule has 0 spiro atoms. The molecule has 9 rings (SSSR count). The van der Waals surface area contributed by atoms with Crippen molar-refractivity contribution in [2.45, 2.75) is 56.5 Å². The highest BCUT2D eigenvalue weighted by Crippen LogP contribution is 2.39. The van der Waals surface area contributed by atoms with Crippen molar-refractivity contribution in [3.63, 3.8) is 0 Å². The highest BCUT2D eigenvalue weighted by atomic mass is 16.5. The number of piperidine rings is 3. The van der Waals surface area contributed by atoms with Crippen molar-refractivity contribution >= 4 is 22.8 Å². The number of hydrogen-bond acceptors (Lipinski definition) is 9. The van der Waals surface area contributed by atoms with Crippen LogP contribution in [0.2, 0.25) is 0 Å². The van der Waals surface area contributed by atoms with Gasteiger partial charge in [-0.25, -0.2) is 0 Å². The zero-order valence-corrected chi connectivity index (χ0v) is 31.4. The van der Waals surface area contributed by atoms with E-state index < -0.39 is 11.5 Å². The van der Waals surface area contributed by atoms with E-state index >= 15 is 0 Å². The molecular formula is C45H48N4O7. The monoisotopic (exact) mass is 756 g/mol. The topological polar surface area (TPSA) is 144 Å². The molecule has 11 heteroatoms. The molecular weight excluding hydrogens is 709 g/mol. The summed E-state index contributed by atoms with van der Waals surface area (Å²) in [6.45, 7) is 4.90. The number of fused-ring (bicyclic) bond motifs is 4. The number of nitrogens with one attached hydrogen (secondary N) is 2. The summed E-state index contributed by atoms with van der Waals surface area (Å²) in [5.41, 5.74) is 3.80. The lowest BCUT2D eigenvalue weighted by molar-refractivity contribution is -0.175. The average molecular weight is 757 g/mol. The van der Waals surface area contributed by atoms with Gasteiger partial charge in [0.15, 0.2) is 0 Å². The van der Waals surface area contributed by atoms with E-state index in [1.807, 2.05) is 78.9 Å². The molecule has 0 radical (unpaired) electrons. The molecule has 4 N–H and O–H groups in total. The second-order valence-electron chi connectivity index (χ2n) is 15.5. The average Bonchev–Trinajstić information content (AvgIpc) is 3.21. The highest BCUT2D eigenvalue weighted by Gasteiger charge is 2.54. The summed E-state index contributed by atoms with van der Waals surface area (Å²) >= 11 is 0. The van der Waals surface area contributed by atoms with Gasteiger partial charge in [0.25, 0.3) is 0 Å². The largest absolute Gasteiger partial charge is 0.506 e. The predicted octanol–water partition coefficient (Wildman–Crippen LogP) is 4.99. The highest BCUT2D eigenvalue weighted by molar-refractivity contribution is 5.89. The van der Waals surface area contributed by atoms with Crippen molar-refractivity contribution in [3.8, 4) is 11.5 Å². The number of nitrogens with zero attached hydrogens (tertiary/aromatic N) is 2. The van der Waals surface area contributed by atoms with Gasteiger partial charge >= 0.3 is 5.97 Å². The number of phenols is 1. The molecule has 11 nitrogen and oxygen atoms in total. The number of aliphatic hydroxyl groups is 1. The van der Waals surface area contributed by atoms with Gasteiger partial charge in [0.05, 0.1) is 11.6 Å². The summed E-state index contributed by atoms with van der Waals surface area (Å²) in [5, 5.41) is 24.8. The third-order valence-electron chi connectivity index (χ3n) is 11.8. The Balaban J connectivity index is 0.776. The number of aromatic nitrogens is 1. The number of ether oxygens (including phenoxy) is 2. The molecule has 0 saturated carbocycles. The van der Waals surface area contributed by atoms with Crippen LogP contribution in [-0.2, 0) is 39.3 Å². The number of carbonyl (C=O) groups excluding carboxylic acids is 2. The number of aromatic amines is 1. The standard InChI is InChI=1S/C45H48N4O7/c50-38-17-15-36(37-16-18-41(52)47-43(37)38)39(51)25-46-24-31-6-8-32(9-7-31)27-55-35-13-10-30(11-14-35)12-19-42(53)49-28-45(29-49,34-4-2-1-3-5-34)44(54)56-40-26-48-22-20-33(40)21-23-48/h1-11,13-18,33,39-40,46,50-51H,12,19-29H2,(H,47,52)/t39-,40-/m0/s1. The summed E-state index contributed by atoms with van der Waals surface area (Å²) < 4.78 is 12.2. The Morgan fingerprint density at radius 3 is 2.30 bits per heavy atom. The molecule has 290 valence electrons. The Labute approximate surface area is 325 Å². The molecule has 4 fully saturated rings. The van der Waals surface area contributed by atoms with Crippen molar-refractivity contribution < 1.29 is 29.3 Å². The lowest BCUT2D eigenvalue weighted by Crippen LogP contribution is -2.66. The SMILES string of the molecule is O=C(CCc1ccc(OCc2ccc(CNC[C@H](O)c3ccc(O)c4[nH]c(=O)ccc34)cc2)cc1)N1CC(C(=O)O[C@H]2CN3CCC2CC3)(c2ccccc2)C1. The summed E-state index contributed by atoms with van der Waals surface area (Å²) in [6, 6.07) is 31.8. The van der Waals surface area contributed by atoms with Gasteiger partial charge in [-0.1, -0.05) is 72.8 Å². The number of pyridine rings is 1. The summed E-state index contributed by atoms with van der Waals surface area (Å²) in [6.07, 6.45) is 2.20. The molecule has 2 atom stereocenters. The van der Waals surface area contributed by atoms with E-state index in [9.17, 15) is 24.6 Å². The van der Waals surface area contributed by atoms with Crippen LogP contribution < -0.4 is 15.6 Å². The molecule has 5 heterocycles. The summed E-state index contributed by atoms with van der Waals surface area (Å²) in [7, 11) is 0. The number of carbonyl (C=O) groups is 2. The number of likely N-dealkylation sites (tertiary alicyclic amines) is 1. The first kappa shape index (κ1) is 37.4. The van der Waals surface area contributed by atoms with Crippen LogP contribution in [0.4, 0.5) is 0 Å². The lowest BCUT2D eigenvalue weighted by Gasteiger charge is -2.50. The van der Waals surface area contributed by atoms with Gasteiger partial charge in [-0.05, 0) is 90.4 Å². The minimum Gasteiger partial charge on any atom is -0.506 e. The first-order valence-corrected chi connectivity index (χ1v) is 19.5. The van der Waals surface area contributed by atoms with Gasteiger partial charge in [0.1, 0.15) is 29.6 Å². The Morgan fingerprint density at radius 2 is 1.59 bits per heavy atom. The van der Waals surface area contributed by atoms with Crippen molar-refractivity contribution in [1.29, 1.82) is 0 Å². The van der Waals surface area contributed by atoms with E-state index in [0.29, 0.717) is 61.5 Å². The number of H-pyrrole nitrogens is 1. The van der Waals surface area contributed by atoms with E-state index in [1.54, 1.807) is 17.0 Å². The zero-order chi connectivity index (χ0) is 38.6. The third-order valence-corrected chi connectivity index (χ3v) is 11.8. The number of amides is 1. The molecule has 4 aromatic carbocycles. The zero-order valence-electron chi connectivity index (χ0n) is 31.4. The molecule has 2 bridgehead atoms. The summed E-state index contributed by atoms with van der Waals surface area (Å²) in [4.78, 5) is 45.6. The molecule has 1 amide bonds. The summed E-state index contributed by atoms with van der Waals surface area (Å²) in [5.74, 6) is 0.957. The number of rotatable bonds is 14. The molecule has 4 aliphatic heterocycles. The fourth-order valence-corrected chi connectivity index (χ4v) is 8.36. The fraction of sp³-hybridized carbons (Fsp3) is 0.356. The van der Waals surface area contributed by atoms with Crippen LogP contribution in [-0.4, -0.2) is 82.2 Å². The normalized spacial score (nSPS) is 20.3. The number of benzene rings is 4. The van der Waals surface area contributed by atoms with Gasteiger partial charge in [-0.15, -0.1) is 0 Å². The molecule has 1 aromatic heterocycles. The van der Waals surface area contributed by atoms with E-state index in [-0.39, 0.29) is 35.8 Å². The van der Waals surface area contributed by atoms with E-state index in [2.05, 4.69) is 15.2 Å². The molecule has 4 saturated heterocycles. The van der Waals surface area contributed by atoms with Crippen LogP contribution in [0.1, 0.15) is 53.2 Å². The molecule has 56 heavy (non-hydrogen) atoms. The van der Waals surface area contributed by atoms with E-state index in [4.69, 9.17) is 9.47 Å². The maximum Gasteiger partial charge on any atom is 0.320 e. The van der Waals surface area contributed by atoms with Crippen LogP contribution in [0.15, 0.2) is 108 Å².